The molecule has 198 valence electrons. The average Bonchev–Trinajstić information content (AvgIpc) is 2.74. The fourth-order valence-electron chi connectivity index (χ4n) is 4.60. The molecule has 0 saturated carbocycles. The van der Waals surface area contributed by atoms with Crippen LogP contribution in [0.5, 0.6) is 0 Å². The van der Waals surface area contributed by atoms with Crippen LogP contribution in [0.15, 0.2) is 24.3 Å². The Balaban J connectivity index is 1.84. The molecule has 0 aromatic heterocycles. The number of carboxylic acid groups (broad SMARTS) is 1. The van der Waals surface area contributed by atoms with Gasteiger partial charge in [0, 0.05) is 39.3 Å². The molecule has 0 amide bonds. The Labute approximate surface area is 214 Å². The van der Waals surface area contributed by atoms with E-state index < -0.39 is 41.6 Å². The molecule has 0 radical (unpaired) electrons. The van der Waals surface area contributed by atoms with Gasteiger partial charge in [0.2, 0.25) is 0 Å². The van der Waals surface area contributed by atoms with E-state index in [1.807, 2.05) is 49.3 Å². The number of benzene rings is 1. The van der Waals surface area contributed by atoms with E-state index in [2.05, 4.69) is 19.6 Å². The Morgan fingerprint density at radius 1 is 1.20 bits per heavy atom. The summed E-state index contributed by atoms with van der Waals surface area (Å²) in [6.07, 6.45) is 1.51. The van der Waals surface area contributed by atoms with Gasteiger partial charge in [0.1, 0.15) is 17.0 Å². The molecule has 1 N–H and O–H groups in total. The molecule has 2 unspecified atom stereocenters. The molecule has 1 aromatic carbocycles. The Morgan fingerprint density at radius 3 is 2.26 bits per heavy atom. The maximum atomic E-state index is 13.7. The summed E-state index contributed by atoms with van der Waals surface area (Å²) in [5.41, 5.74) is 1.22. The second-order valence-corrected chi connectivity index (χ2v) is 19.8. The van der Waals surface area contributed by atoms with Crippen molar-refractivity contribution in [3.63, 3.8) is 0 Å². The molecule has 7 nitrogen and oxygen atoms in total. The second-order valence-electron chi connectivity index (χ2n) is 12.0. The Kier molecular flexibility index (Phi) is 9.51. The molecular weight excluding hydrogens is 482 g/mol. The van der Waals surface area contributed by atoms with Crippen molar-refractivity contribution in [1.29, 1.82) is 0 Å². The lowest BCUT2D eigenvalue weighted by molar-refractivity contribution is -0.141. The lowest BCUT2D eigenvalue weighted by Crippen LogP contribution is -2.64. The molecule has 2 fully saturated rings. The first-order chi connectivity index (χ1) is 16.3. The van der Waals surface area contributed by atoms with Gasteiger partial charge in [-0.05, 0) is 56.7 Å². The van der Waals surface area contributed by atoms with Crippen molar-refractivity contribution in [2.45, 2.75) is 75.5 Å². The van der Waals surface area contributed by atoms with Crippen molar-refractivity contribution in [2.24, 2.45) is 5.92 Å². The van der Waals surface area contributed by atoms with Gasteiger partial charge in [-0.3, -0.25) is 4.79 Å². The third-order valence-electron chi connectivity index (χ3n) is 6.90. The number of carbonyl (C=O) groups is 1. The third kappa shape index (κ3) is 7.09. The fourth-order valence-corrected chi connectivity index (χ4v) is 6.72. The van der Waals surface area contributed by atoms with Gasteiger partial charge < -0.3 is 23.9 Å². The first-order valence-electron chi connectivity index (χ1n) is 12.6. The first-order valence-corrected chi connectivity index (χ1v) is 17.4. The van der Waals surface area contributed by atoms with Crippen LogP contribution in [0.2, 0.25) is 25.7 Å². The van der Waals surface area contributed by atoms with Crippen LogP contribution in [0.4, 0.5) is 0 Å². The van der Waals surface area contributed by atoms with Crippen LogP contribution < -0.4 is 0 Å². The molecule has 2 atom stereocenters. The molecular formula is C26H43NO6SSi. The van der Waals surface area contributed by atoms with E-state index in [0.29, 0.717) is 33.0 Å². The summed E-state index contributed by atoms with van der Waals surface area (Å²) in [6.45, 7) is 15.8. The van der Waals surface area contributed by atoms with Crippen molar-refractivity contribution in [2.75, 3.05) is 39.8 Å². The zero-order chi connectivity index (χ0) is 25.9. The van der Waals surface area contributed by atoms with Crippen LogP contribution in [-0.2, 0) is 35.9 Å². The molecule has 2 heterocycles. The number of hydrogen-bond acceptors (Lipinski definition) is 6. The number of rotatable bonds is 11. The highest BCUT2D eigenvalue weighted by atomic mass is 32.2. The summed E-state index contributed by atoms with van der Waals surface area (Å²) >= 11 is -1.31. The lowest BCUT2D eigenvalue weighted by atomic mass is 9.80. The average molecular weight is 526 g/mol. The summed E-state index contributed by atoms with van der Waals surface area (Å²) in [6, 6.07) is 8.87. The van der Waals surface area contributed by atoms with E-state index >= 15 is 0 Å². The molecule has 2 aliphatic heterocycles. The highest BCUT2D eigenvalue weighted by molar-refractivity contribution is 7.90. The SMILES string of the molecule is CC(C)(C)[S+]([O-])N(COCC[Si](C)(C)C)C1(c2ccc(C(C(=O)O)C3CCOCC3)cc2)COC1. The van der Waals surface area contributed by atoms with Crippen molar-refractivity contribution >= 4 is 25.4 Å². The van der Waals surface area contributed by atoms with E-state index in [1.54, 1.807) is 0 Å². The highest BCUT2D eigenvalue weighted by Gasteiger charge is 2.54. The van der Waals surface area contributed by atoms with E-state index in [0.717, 1.165) is 30.0 Å². The topological polar surface area (TPSA) is 91.3 Å². The standard InChI is InChI=1S/C26H43NO6SSi/c1-25(2,3)34(30)27(19-32-15-16-35(4,5)6)26(17-33-18-26)22-9-7-20(8-10-22)23(24(28)29)21-11-13-31-14-12-21/h7-10,21,23H,11-19H2,1-6H3,(H,28,29). The van der Waals surface area contributed by atoms with Crippen molar-refractivity contribution in [1.82, 2.24) is 4.31 Å². The van der Waals surface area contributed by atoms with Gasteiger partial charge in [-0.1, -0.05) is 48.2 Å². The molecule has 35 heavy (non-hydrogen) atoms. The Hall–Kier alpha value is -0.943. The molecule has 9 heteroatoms. The van der Waals surface area contributed by atoms with E-state index in [9.17, 15) is 14.5 Å². The minimum absolute atomic E-state index is 0.0674. The van der Waals surface area contributed by atoms with Crippen LogP contribution >= 0.6 is 0 Å². The van der Waals surface area contributed by atoms with Gasteiger partial charge in [0.05, 0.1) is 19.1 Å². The molecule has 1 aromatic rings. The third-order valence-corrected chi connectivity index (χ3v) is 10.5. The molecule has 0 aliphatic carbocycles. The van der Waals surface area contributed by atoms with Gasteiger partial charge >= 0.3 is 5.97 Å². The van der Waals surface area contributed by atoms with Gasteiger partial charge in [-0.15, -0.1) is 0 Å². The number of nitrogens with zero attached hydrogens (tertiary/aromatic N) is 1. The zero-order valence-electron chi connectivity index (χ0n) is 22.2. The number of hydrogen-bond donors (Lipinski definition) is 1. The van der Waals surface area contributed by atoms with Crippen molar-refractivity contribution < 1.29 is 28.7 Å². The number of aliphatic carboxylic acids is 1. The Bertz CT molecular complexity index is 828. The van der Waals surface area contributed by atoms with Gasteiger partial charge in [-0.25, -0.2) is 0 Å². The van der Waals surface area contributed by atoms with Crippen LogP contribution in [0.1, 0.15) is 50.7 Å². The minimum Gasteiger partial charge on any atom is -0.597 e. The summed E-state index contributed by atoms with van der Waals surface area (Å²) in [5, 5.41) is 9.97. The molecule has 2 saturated heterocycles. The highest BCUT2D eigenvalue weighted by Crippen LogP contribution is 2.42. The molecule has 0 spiro atoms. The first kappa shape index (κ1) is 28.6. The molecule has 3 rings (SSSR count). The summed E-state index contributed by atoms with van der Waals surface area (Å²) in [5.74, 6) is -1.28. The maximum Gasteiger partial charge on any atom is 0.311 e. The second kappa shape index (κ2) is 11.6. The van der Waals surface area contributed by atoms with Gasteiger partial charge in [-0.2, -0.15) is 0 Å². The summed E-state index contributed by atoms with van der Waals surface area (Å²) in [4.78, 5) is 12.2. The summed E-state index contributed by atoms with van der Waals surface area (Å²) < 4.78 is 32.3. The number of ether oxygens (including phenoxy) is 3. The largest absolute Gasteiger partial charge is 0.597 e. The van der Waals surface area contributed by atoms with Crippen molar-refractivity contribution in [3.05, 3.63) is 35.4 Å². The van der Waals surface area contributed by atoms with Gasteiger partial charge in [0.25, 0.3) is 0 Å². The lowest BCUT2D eigenvalue weighted by Gasteiger charge is -2.50. The van der Waals surface area contributed by atoms with E-state index in [-0.39, 0.29) is 12.6 Å². The summed E-state index contributed by atoms with van der Waals surface area (Å²) in [7, 11) is -1.24. The monoisotopic (exact) mass is 525 g/mol. The van der Waals surface area contributed by atoms with Crippen LogP contribution in [0.25, 0.3) is 0 Å². The number of carboxylic acids is 1. The minimum atomic E-state index is -1.31. The van der Waals surface area contributed by atoms with E-state index in [4.69, 9.17) is 14.2 Å². The molecule has 0 bridgehead atoms. The smallest absolute Gasteiger partial charge is 0.311 e. The predicted octanol–water partition coefficient (Wildman–Crippen LogP) is 4.58. The van der Waals surface area contributed by atoms with Crippen LogP contribution in [-0.4, -0.2) is 72.5 Å². The fraction of sp³-hybridized carbons (Fsp3) is 0.731. The normalized spacial score (nSPS) is 20.9. The van der Waals surface area contributed by atoms with Crippen LogP contribution in [0.3, 0.4) is 0 Å². The zero-order valence-corrected chi connectivity index (χ0v) is 24.0. The molecule has 2 aliphatic rings. The van der Waals surface area contributed by atoms with Gasteiger partial charge in [0.15, 0.2) is 0 Å². The predicted molar refractivity (Wildman–Crippen MR) is 142 cm³/mol. The van der Waals surface area contributed by atoms with E-state index in [1.165, 1.54) is 0 Å². The van der Waals surface area contributed by atoms with Crippen LogP contribution in [0, 0.1) is 5.92 Å². The quantitative estimate of drug-likeness (QED) is 0.196. The Morgan fingerprint density at radius 2 is 1.80 bits per heavy atom. The maximum absolute atomic E-state index is 13.7. The van der Waals surface area contributed by atoms with Crippen molar-refractivity contribution in [3.8, 4) is 0 Å².